The zero-order chi connectivity index (χ0) is 12.3. The van der Waals surface area contributed by atoms with E-state index in [9.17, 15) is 4.79 Å². The Morgan fingerprint density at radius 1 is 1.35 bits per heavy atom. The molecule has 1 atom stereocenters. The van der Waals surface area contributed by atoms with Gasteiger partial charge in [-0.3, -0.25) is 4.79 Å². The minimum Gasteiger partial charge on any atom is -0.492 e. The number of ether oxygens (including phenoxy) is 1. The van der Waals surface area contributed by atoms with E-state index in [1.807, 2.05) is 24.3 Å². The first kappa shape index (κ1) is 12.2. The third kappa shape index (κ3) is 2.51. The molecule has 0 N–H and O–H groups in total. The Morgan fingerprint density at radius 3 is 2.76 bits per heavy atom. The van der Waals surface area contributed by atoms with Crippen molar-refractivity contribution in [1.82, 2.24) is 0 Å². The highest BCUT2D eigenvalue weighted by Crippen LogP contribution is 2.35. The van der Waals surface area contributed by atoms with Crippen LogP contribution >= 0.6 is 0 Å². The van der Waals surface area contributed by atoms with Crippen molar-refractivity contribution in [1.29, 1.82) is 0 Å². The van der Waals surface area contributed by atoms with Gasteiger partial charge in [-0.25, -0.2) is 0 Å². The molecule has 1 aliphatic heterocycles. The van der Waals surface area contributed by atoms with Gasteiger partial charge in [0.25, 0.3) is 0 Å². The van der Waals surface area contributed by atoms with E-state index < -0.39 is 0 Å². The number of carbonyl (C=O) groups excluding carboxylic acids is 1. The van der Waals surface area contributed by atoms with Gasteiger partial charge in [0.05, 0.1) is 5.92 Å². The van der Waals surface area contributed by atoms with Crippen molar-refractivity contribution in [3.63, 3.8) is 0 Å². The van der Waals surface area contributed by atoms with Crippen LogP contribution in [0.5, 0.6) is 5.75 Å². The van der Waals surface area contributed by atoms with Crippen molar-refractivity contribution in [2.45, 2.75) is 39.0 Å². The number of Topliss-reactive ketones (excluding diaryl/α,β-unsaturated/α-hetero) is 1. The summed E-state index contributed by atoms with van der Waals surface area (Å²) >= 11 is 0. The lowest BCUT2D eigenvalue weighted by atomic mass is 9.88. The summed E-state index contributed by atoms with van der Waals surface area (Å²) in [7, 11) is 0. The Kier molecular flexibility index (Phi) is 3.82. The molecule has 0 bridgehead atoms. The van der Waals surface area contributed by atoms with Crippen LogP contribution in [0.25, 0.3) is 0 Å². The van der Waals surface area contributed by atoms with Crippen LogP contribution in [0.15, 0.2) is 24.3 Å². The number of benzene rings is 1. The van der Waals surface area contributed by atoms with Gasteiger partial charge >= 0.3 is 0 Å². The maximum Gasteiger partial charge on any atom is 0.144 e. The Balaban J connectivity index is 2.07. The molecule has 1 heterocycles. The van der Waals surface area contributed by atoms with Crippen LogP contribution in [0.4, 0.5) is 0 Å². The largest absolute Gasteiger partial charge is 0.492 e. The van der Waals surface area contributed by atoms with Gasteiger partial charge in [0.2, 0.25) is 0 Å². The fourth-order valence-corrected chi connectivity index (χ4v) is 2.43. The van der Waals surface area contributed by atoms with E-state index in [4.69, 9.17) is 4.74 Å². The standard InChI is InChI=1S/C15H20O2/c1-3-11(4-2)9-14(16)13-10-17-15-8-6-5-7-12(13)15/h5-8,11,13H,3-4,9-10H2,1-2H3. The molecule has 0 amide bonds. The summed E-state index contributed by atoms with van der Waals surface area (Å²) in [5.74, 6) is 1.71. The summed E-state index contributed by atoms with van der Waals surface area (Å²) in [6.07, 6.45) is 2.85. The zero-order valence-electron chi connectivity index (χ0n) is 10.6. The van der Waals surface area contributed by atoms with Gasteiger partial charge in [-0.15, -0.1) is 0 Å². The molecular formula is C15H20O2. The first-order chi connectivity index (χ1) is 8.26. The van der Waals surface area contributed by atoms with Crippen molar-refractivity contribution in [2.24, 2.45) is 5.92 Å². The SMILES string of the molecule is CCC(CC)CC(=O)C1COc2ccccc21. The minimum absolute atomic E-state index is 0.0354. The molecule has 1 aliphatic rings. The van der Waals surface area contributed by atoms with Gasteiger partial charge in [0.1, 0.15) is 18.1 Å². The molecular weight excluding hydrogens is 212 g/mol. The molecule has 0 radical (unpaired) electrons. The second-order valence-corrected chi connectivity index (χ2v) is 4.75. The van der Waals surface area contributed by atoms with E-state index in [1.54, 1.807) is 0 Å². The highest BCUT2D eigenvalue weighted by molar-refractivity contribution is 5.87. The Labute approximate surface area is 103 Å². The smallest absolute Gasteiger partial charge is 0.144 e. The maximum atomic E-state index is 12.3. The van der Waals surface area contributed by atoms with E-state index in [2.05, 4.69) is 13.8 Å². The monoisotopic (exact) mass is 232 g/mol. The lowest BCUT2D eigenvalue weighted by Crippen LogP contribution is -2.17. The molecule has 1 aromatic rings. The molecule has 2 heteroatoms. The summed E-state index contributed by atoms with van der Waals surface area (Å²) in [5, 5.41) is 0. The Bertz CT molecular complexity index is 394. The number of fused-ring (bicyclic) bond motifs is 1. The molecule has 0 aliphatic carbocycles. The quantitative estimate of drug-likeness (QED) is 0.776. The zero-order valence-corrected chi connectivity index (χ0v) is 10.6. The first-order valence-corrected chi connectivity index (χ1v) is 6.50. The van der Waals surface area contributed by atoms with Gasteiger partial charge in [-0.1, -0.05) is 44.9 Å². The molecule has 92 valence electrons. The van der Waals surface area contributed by atoms with Gasteiger partial charge < -0.3 is 4.74 Å². The van der Waals surface area contributed by atoms with Gasteiger partial charge in [-0.05, 0) is 12.0 Å². The van der Waals surface area contributed by atoms with E-state index >= 15 is 0 Å². The van der Waals surface area contributed by atoms with Crippen LogP contribution in [0, 0.1) is 5.92 Å². The van der Waals surface area contributed by atoms with Crippen molar-refractivity contribution in [2.75, 3.05) is 6.61 Å². The minimum atomic E-state index is -0.0354. The molecule has 0 fully saturated rings. The van der Waals surface area contributed by atoms with Crippen LogP contribution in [-0.4, -0.2) is 12.4 Å². The number of hydrogen-bond donors (Lipinski definition) is 0. The predicted octanol–water partition coefficient (Wildman–Crippen LogP) is 3.56. The number of rotatable bonds is 5. The van der Waals surface area contributed by atoms with Gasteiger partial charge in [-0.2, -0.15) is 0 Å². The summed E-state index contributed by atoms with van der Waals surface area (Å²) in [6, 6.07) is 7.88. The average Bonchev–Trinajstić information content (AvgIpc) is 2.79. The normalized spacial score (nSPS) is 17.9. The van der Waals surface area contributed by atoms with E-state index in [-0.39, 0.29) is 5.92 Å². The summed E-state index contributed by atoms with van der Waals surface area (Å²) < 4.78 is 5.56. The van der Waals surface area contributed by atoms with Crippen LogP contribution in [0.3, 0.4) is 0 Å². The van der Waals surface area contributed by atoms with Crippen molar-refractivity contribution < 1.29 is 9.53 Å². The maximum absolute atomic E-state index is 12.3. The Morgan fingerprint density at radius 2 is 2.06 bits per heavy atom. The Hall–Kier alpha value is -1.31. The molecule has 0 saturated carbocycles. The number of hydrogen-bond acceptors (Lipinski definition) is 2. The summed E-state index contributed by atoms with van der Waals surface area (Å²) in [5.41, 5.74) is 1.07. The third-order valence-corrected chi connectivity index (χ3v) is 3.73. The van der Waals surface area contributed by atoms with Crippen LogP contribution in [0.1, 0.15) is 44.6 Å². The highest BCUT2D eigenvalue weighted by Gasteiger charge is 2.30. The second-order valence-electron chi connectivity index (χ2n) is 4.75. The molecule has 2 nitrogen and oxygen atoms in total. The fourth-order valence-electron chi connectivity index (χ4n) is 2.43. The number of ketones is 1. The van der Waals surface area contributed by atoms with Gasteiger partial charge in [0.15, 0.2) is 0 Å². The third-order valence-electron chi connectivity index (χ3n) is 3.73. The second kappa shape index (κ2) is 5.35. The van der Waals surface area contributed by atoms with Crippen LogP contribution in [0.2, 0.25) is 0 Å². The first-order valence-electron chi connectivity index (χ1n) is 6.50. The van der Waals surface area contributed by atoms with Gasteiger partial charge in [0, 0.05) is 12.0 Å². The van der Waals surface area contributed by atoms with Crippen LogP contribution in [-0.2, 0) is 4.79 Å². The predicted molar refractivity (Wildman–Crippen MR) is 68.4 cm³/mol. The summed E-state index contributed by atoms with van der Waals surface area (Å²) in [4.78, 5) is 12.3. The highest BCUT2D eigenvalue weighted by atomic mass is 16.5. The number of para-hydroxylation sites is 1. The van der Waals surface area contributed by atoms with E-state index in [1.165, 1.54) is 0 Å². The summed E-state index contributed by atoms with van der Waals surface area (Å²) in [6.45, 7) is 4.83. The van der Waals surface area contributed by atoms with Crippen molar-refractivity contribution in [3.05, 3.63) is 29.8 Å². The van der Waals surface area contributed by atoms with Crippen LogP contribution < -0.4 is 4.74 Å². The van der Waals surface area contributed by atoms with Crippen molar-refractivity contribution >= 4 is 5.78 Å². The molecule has 0 spiro atoms. The number of carbonyl (C=O) groups is 1. The molecule has 0 aromatic heterocycles. The molecule has 1 unspecified atom stereocenters. The van der Waals surface area contributed by atoms with E-state index in [0.717, 1.165) is 24.2 Å². The lowest BCUT2D eigenvalue weighted by Gasteiger charge is -2.14. The fraction of sp³-hybridized carbons (Fsp3) is 0.533. The molecule has 0 saturated heterocycles. The average molecular weight is 232 g/mol. The molecule has 2 rings (SSSR count). The van der Waals surface area contributed by atoms with Crippen molar-refractivity contribution in [3.8, 4) is 5.75 Å². The molecule has 17 heavy (non-hydrogen) atoms. The topological polar surface area (TPSA) is 26.3 Å². The lowest BCUT2D eigenvalue weighted by molar-refractivity contribution is -0.121. The molecule has 1 aromatic carbocycles. The van der Waals surface area contributed by atoms with E-state index in [0.29, 0.717) is 24.7 Å².